The molecule has 0 bridgehead atoms. The summed E-state index contributed by atoms with van der Waals surface area (Å²) >= 11 is 9.27. The van der Waals surface area contributed by atoms with Gasteiger partial charge in [-0.15, -0.1) is 0 Å². The van der Waals surface area contributed by atoms with Crippen LogP contribution in [0.2, 0.25) is 5.02 Å². The number of halogens is 2. The first kappa shape index (κ1) is 15.1. The van der Waals surface area contributed by atoms with E-state index in [1.165, 1.54) is 5.56 Å². The normalized spacial score (nSPS) is 10.3. The van der Waals surface area contributed by atoms with E-state index in [4.69, 9.17) is 16.3 Å². The van der Waals surface area contributed by atoms with Crippen LogP contribution in [-0.4, -0.2) is 12.9 Å². The number of carbonyl (C=O) groups excluding carboxylic acids is 1. The number of benzene rings is 2. The Balaban J connectivity index is 1.93. The third-order valence-electron chi connectivity index (χ3n) is 2.86. The van der Waals surface area contributed by atoms with E-state index in [0.717, 1.165) is 19.1 Å². The zero-order valence-corrected chi connectivity index (χ0v) is 13.2. The van der Waals surface area contributed by atoms with Crippen molar-refractivity contribution < 1.29 is 9.53 Å². The van der Waals surface area contributed by atoms with Gasteiger partial charge in [0.2, 0.25) is 0 Å². The molecule has 0 N–H and O–H groups in total. The molecule has 2 aromatic rings. The van der Waals surface area contributed by atoms with Gasteiger partial charge in [0.15, 0.2) is 6.29 Å². The topological polar surface area (TPSA) is 26.3 Å². The van der Waals surface area contributed by atoms with Crippen molar-refractivity contribution in [2.24, 2.45) is 0 Å². The maximum absolute atomic E-state index is 11.0. The number of rotatable bonds is 6. The van der Waals surface area contributed by atoms with Crippen LogP contribution in [0.3, 0.4) is 0 Å². The van der Waals surface area contributed by atoms with Gasteiger partial charge in [0, 0.05) is 5.02 Å². The van der Waals surface area contributed by atoms with Crippen molar-refractivity contribution in [3.05, 3.63) is 63.1 Å². The Morgan fingerprint density at radius 2 is 1.95 bits per heavy atom. The number of ether oxygens (including phenoxy) is 1. The maximum atomic E-state index is 11.0. The molecule has 0 aliphatic carbocycles. The lowest BCUT2D eigenvalue weighted by molar-refractivity contribution is 0.111. The van der Waals surface area contributed by atoms with E-state index >= 15 is 0 Å². The summed E-state index contributed by atoms with van der Waals surface area (Å²) in [6, 6.07) is 13.6. The van der Waals surface area contributed by atoms with Crippen molar-refractivity contribution in [3.8, 4) is 5.75 Å². The number of carbonyl (C=O) groups is 1. The summed E-state index contributed by atoms with van der Waals surface area (Å²) in [5, 5.41) is 0.510. The zero-order valence-electron chi connectivity index (χ0n) is 10.8. The fraction of sp³-hybridized carbons (Fsp3) is 0.188. The predicted molar refractivity (Wildman–Crippen MR) is 84.8 cm³/mol. The summed E-state index contributed by atoms with van der Waals surface area (Å²) in [5.74, 6) is 0.553. The van der Waals surface area contributed by atoms with Crippen LogP contribution in [0, 0.1) is 0 Å². The number of hydrogen-bond acceptors (Lipinski definition) is 2. The van der Waals surface area contributed by atoms with E-state index in [1.807, 2.05) is 18.2 Å². The maximum Gasteiger partial charge on any atom is 0.153 e. The summed E-state index contributed by atoms with van der Waals surface area (Å²) in [7, 11) is 0. The van der Waals surface area contributed by atoms with E-state index in [9.17, 15) is 4.79 Å². The molecular formula is C16H14BrClO2. The quantitative estimate of drug-likeness (QED) is 0.544. The van der Waals surface area contributed by atoms with Gasteiger partial charge in [-0.1, -0.05) is 41.9 Å². The van der Waals surface area contributed by atoms with Gasteiger partial charge in [-0.25, -0.2) is 0 Å². The second-order valence-corrected chi connectivity index (χ2v) is 5.65. The Morgan fingerprint density at radius 1 is 1.20 bits per heavy atom. The van der Waals surface area contributed by atoms with Crippen molar-refractivity contribution in [1.82, 2.24) is 0 Å². The fourth-order valence-electron chi connectivity index (χ4n) is 1.92. The molecule has 0 spiro atoms. The summed E-state index contributed by atoms with van der Waals surface area (Å²) in [6.07, 6.45) is 2.59. The lowest BCUT2D eigenvalue weighted by atomic mass is 10.1. The predicted octanol–water partition coefficient (Wildman–Crippen LogP) is 4.93. The molecule has 0 aliphatic heterocycles. The van der Waals surface area contributed by atoms with E-state index in [2.05, 4.69) is 28.1 Å². The van der Waals surface area contributed by atoms with Crippen LogP contribution in [0.15, 0.2) is 46.9 Å². The third-order valence-corrected chi connectivity index (χ3v) is 3.67. The van der Waals surface area contributed by atoms with E-state index in [-0.39, 0.29) is 0 Å². The second-order valence-electron chi connectivity index (χ2n) is 4.36. The second kappa shape index (κ2) is 7.46. The molecule has 2 nitrogen and oxygen atoms in total. The summed E-state index contributed by atoms with van der Waals surface area (Å²) in [6.45, 7) is 0.552. The first-order valence-electron chi connectivity index (χ1n) is 6.31. The molecule has 104 valence electrons. The largest absolute Gasteiger partial charge is 0.492 e. The highest BCUT2D eigenvalue weighted by Crippen LogP contribution is 2.31. The number of hydrogen-bond donors (Lipinski definition) is 0. The first-order valence-corrected chi connectivity index (χ1v) is 7.49. The molecule has 0 atom stereocenters. The smallest absolute Gasteiger partial charge is 0.153 e. The van der Waals surface area contributed by atoms with Gasteiger partial charge < -0.3 is 4.74 Å². The van der Waals surface area contributed by atoms with Crippen molar-refractivity contribution in [2.45, 2.75) is 12.8 Å². The first-order chi connectivity index (χ1) is 9.70. The molecule has 0 saturated heterocycles. The van der Waals surface area contributed by atoms with Gasteiger partial charge in [0.05, 0.1) is 16.6 Å². The highest BCUT2D eigenvalue weighted by atomic mass is 79.9. The molecule has 2 aromatic carbocycles. The standard InChI is InChI=1S/C16H14BrClO2/c17-15-10-14(18)9-13(11-19)16(15)20-8-4-7-12-5-2-1-3-6-12/h1-3,5-6,9-11H,4,7-8H2. The molecule has 0 aliphatic rings. The average Bonchev–Trinajstić information content (AvgIpc) is 2.45. The van der Waals surface area contributed by atoms with Crippen molar-refractivity contribution >= 4 is 33.8 Å². The Morgan fingerprint density at radius 3 is 2.65 bits per heavy atom. The van der Waals surface area contributed by atoms with Crippen LogP contribution in [0.25, 0.3) is 0 Å². The lowest BCUT2D eigenvalue weighted by Crippen LogP contribution is -2.02. The highest BCUT2D eigenvalue weighted by molar-refractivity contribution is 9.10. The van der Waals surface area contributed by atoms with Crippen LogP contribution in [0.4, 0.5) is 0 Å². The average molecular weight is 354 g/mol. The molecule has 20 heavy (non-hydrogen) atoms. The fourth-order valence-corrected chi connectivity index (χ4v) is 2.86. The van der Waals surface area contributed by atoms with E-state index < -0.39 is 0 Å². The van der Waals surface area contributed by atoms with Crippen LogP contribution >= 0.6 is 27.5 Å². The van der Waals surface area contributed by atoms with Crippen LogP contribution in [0.1, 0.15) is 22.3 Å². The zero-order chi connectivity index (χ0) is 14.4. The molecule has 0 saturated carbocycles. The SMILES string of the molecule is O=Cc1cc(Cl)cc(Br)c1OCCCc1ccccc1. The minimum absolute atomic E-state index is 0.462. The van der Waals surface area contributed by atoms with Gasteiger partial charge in [0.25, 0.3) is 0 Å². The lowest BCUT2D eigenvalue weighted by Gasteiger charge is -2.11. The highest BCUT2D eigenvalue weighted by Gasteiger charge is 2.09. The van der Waals surface area contributed by atoms with Crippen LogP contribution in [-0.2, 0) is 6.42 Å². The molecule has 4 heteroatoms. The number of aryl methyl sites for hydroxylation is 1. The minimum Gasteiger partial charge on any atom is -0.492 e. The van der Waals surface area contributed by atoms with Gasteiger partial charge in [-0.2, -0.15) is 0 Å². The minimum atomic E-state index is 0.462. The van der Waals surface area contributed by atoms with Crippen LogP contribution < -0.4 is 4.74 Å². The molecule has 0 amide bonds. The number of aldehydes is 1. The Kier molecular flexibility index (Phi) is 5.62. The van der Waals surface area contributed by atoms with Gasteiger partial charge in [-0.05, 0) is 46.5 Å². The Hall–Kier alpha value is -1.32. The van der Waals surface area contributed by atoms with Crippen molar-refractivity contribution in [2.75, 3.05) is 6.61 Å². The van der Waals surface area contributed by atoms with Crippen LogP contribution in [0.5, 0.6) is 5.75 Å². The molecule has 0 aromatic heterocycles. The molecule has 0 radical (unpaired) electrons. The van der Waals surface area contributed by atoms with Gasteiger partial charge in [-0.3, -0.25) is 4.79 Å². The molecule has 0 unspecified atom stereocenters. The van der Waals surface area contributed by atoms with E-state index in [1.54, 1.807) is 12.1 Å². The molecule has 2 rings (SSSR count). The summed E-state index contributed by atoms with van der Waals surface area (Å²) in [4.78, 5) is 11.0. The molecular weight excluding hydrogens is 340 g/mol. The third kappa shape index (κ3) is 4.09. The Bertz CT molecular complexity index is 585. The summed E-state index contributed by atoms with van der Waals surface area (Å²) in [5.41, 5.74) is 1.74. The Labute approximate surface area is 131 Å². The molecule has 0 fully saturated rings. The van der Waals surface area contributed by atoms with Crippen molar-refractivity contribution in [1.29, 1.82) is 0 Å². The van der Waals surface area contributed by atoms with Crippen molar-refractivity contribution in [3.63, 3.8) is 0 Å². The van der Waals surface area contributed by atoms with Gasteiger partial charge in [0.1, 0.15) is 5.75 Å². The van der Waals surface area contributed by atoms with E-state index in [0.29, 0.717) is 27.4 Å². The van der Waals surface area contributed by atoms with Gasteiger partial charge >= 0.3 is 0 Å². The molecule has 0 heterocycles. The summed E-state index contributed by atoms with van der Waals surface area (Å²) < 4.78 is 6.40. The monoisotopic (exact) mass is 352 g/mol.